The van der Waals surface area contributed by atoms with Gasteiger partial charge in [-0.05, 0) is 42.9 Å². The van der Waals surface area contributed by atoms with Crippen molar-refractivity contribution in [2.45, 2.75) is 32.1 Å². The van der Waals surface area contributed by atoms with Crippen LogP contribution in [0.2, 0.25) is 0 Å². The molecular weight excluding hydrogens is 271 g/mol. The first-order valence-corrected chi connectivity index (χ1v) is 6.40. The molecule has 1 saturated carbocycles. The first-order valence-electron chi connectivity index (χ1n) is 5.61. The van der Waals surface area contributed by atoms with Gasteiger partial charge in [-0.2, -0.15) is 0 Å². The Morgan fingerprint density at radius 3 is 2.62 bits per heavy atom. The van der Waals surface area contributed by atoms with E-state index in [4.69, 9.17) is 0 Å². The van der Waals surface area contributed by atoms with Gasteiger partial charge in [-0.25, -0.2) is 4.39 Å². The average Bonchev–Trinajstić information content (AvgIpc) is 2.25. The van der Waals surface area contributed by atoms with Gasteiger partial charge in [0.15, 0.2) is 0 Å². The van der Waals surface area contributed by atoms with Crippen molar-refractivity contribution in [3.05, 3.63) is 34.1 Å². The van der Waals surface area contributed by atoms with Gasteiger partial charge in [0.1, 0.15) is 11.6 Å². The normalized spacial score (nSPS) is 17.8. The van der Waals surface area contributed by atoms with Crippen LogP contribution in [0, 0.1) is 11.7 Å². The lowest BCUT2D eigenvalue weighted by Gasteiger charge is -2.21. The molecule has 0 spiro atoms. The largest absolute Gasteiger partial charge is 0.300 e. The van der Waals surface area contributed by atoms with Crippen molar-refractivity contribution >= 4 is 21.7 Å². The van der Waals surface area contributed by atoms with E-state index in [0.717, 1.165) is 29.3 Å². The van der Waals surface area contributed by atoms with Crippen LogP contribution in [0.25, 0.3) is 0 Å². The van der Waals surface area contributed by atoms with Crippen LogP contribution < -0.4 is 0 Å². The van der Waals surface area contributed by atoms with E-state index in [0.29, 0.717) is 24.5 Å². The summed E-state index contributed by atoms with van der Waals surface area (Å²) in [6, 6.07) is 5.20. The Balaban J connectivity index is 2.01. The lowest BCUT2D eigenvalue weighted by Crippen LogP contribution is -2.16. The second-order valence-corrected chi connectivity index (χ2v) is 5.34. The summed E-state index contributed by atoms with van der Waals surface area (Å²) in [7, 11) is 0. The lowest BCUT2D eigenvalue weighted by atomic mass is 9.84. The number of rotatable bonds is 2. The monoisotopic (exact) mass is 284 g/mol. The van der Waals surface area contributed by atoms with Gasteiger partial charge in [0.2, 0.25) is 0 Å². The molecule has 1 aromatic rings. The zero-order valence-electron chi connectivity index (χ0n) is 9.01. The number of hydrogen-bond donors (Lipinski definition) is 0. The molecule has 3 heteroatoms. The molecule has 0 aromatic heterocycles. The number of hydrogen-bond acceptors (Lipinski definition) is 1. The van der Waals surface area contributed by atoms with E-state index in [1.807, 2.05) is 12.1 Å². The van der Waals surface area contributed by atoms with Crippen molar-refractivity contribution in [2.75, 3.05) is 0 Å². The number of benzene rings is 1. The Kier molecular flexibility index (Phi) is 3.74. The molecule has 0 aliphatic heterocycles. The second kappa shape index (κ2) is 5.09. The molecular formula is C13H14BrFO. The molecule has 0 bridgehead atoms. The number of carbonyl (C=O) groups is 1. The number of ketones is 1. The maximum atomic E-state index is 13.6. The molecule has 0 saturated heterocycles. The molecule has 0 heterocycles. The Labute approximate surface area is 103 Å². The minimum absolute atomic E-state index is 0.147. The molecule has 1 aliphatic carbocycles. The molecule has 1 aliphatic rings. The molecule has 0 amide bonds. The standard InChI is InChI=1S/C13H14BrFO/c14-11-4-3-10(13(15)8-11)7-9-1-5-12(16)6-2-9/h3-4,8-9H,1-2,5-7H2. The lowest BCUT2D eigenvalue weighted by molar-refractivity contribution is -0.121. The molecule has 1 fully saturated rings. The van der Waals surface area contributed by atoms with E-state index in [2.05, 4.69) is 15.9 Å². The van der Waals surface area contributed by atoms with Crippen LogP contribution in [-0.4, -0.2) is 5.78 Å². The molecule has 0 N–H and O–H groups in total. The van der Waals surface area contributed by atoms with Crippen molar-refractivity contribution in [1.82, 2.24) is 0 Å². The van der Waals surface area contributed by atoms with E-state index in [1.165, 1.54) is 6.07 Å². The molecule has 1 nitrogen and oxygen atoms in total. The summed E-state index contributed by atoms with van der Waals surface area (Å²) >= 11 is 3.24. The third kappa shape index (κ3) is 2.91. The van der Waals surface area contributed by atoms with Gasteiger partial charge in [-0.15, -0.1) is 0 Å². The summed E-state index contributed by atoms with van der Waals surface area (Å²) in [4.78, 5) is 11.1. The fraction of sp³-hybridized carbons (Fsp3) is 0.462. The van der Waals surface area contributed by atoms with Gasteiger partial charge < -0.3 is 0 Å². The quantitative estimate of drug-likeness (QED) is 0.805. The highest BCUT2D eigenvalue weighted by molar-refractivity contribution is 9.10. The van der Waals surface area contributed by atoms with Crippen LogP contribution in [-0.2, 0) is 11.2 Å². The predicted octanol–water partition coefficient (Wildman–Crippen LogP) is 3.89. The van der Waals surface area contributed by atoms with E-state index >= 15 is 0 Å². The summed E-state index contributed by atoms with van der Waals surface area (Å²) in [5, 5.41) is 0. The van der Waals surface area contributed by atoms with Crippen molar-refractivity contribution in [1.29, 1.82) is 0 Å². The smallest absolute Gasteiger partial charge is 0.132 e. The first-order chi connectivity index (χ1) is 7.65. The van der Waals surface area contributed by atoms with Crippen molar-refractivity contribution in [3.8, 4) is 0 Å². The van der Waals surface area contributed by atoms with E-state index in [9.17, 15) is 9.18 Å². The van der Waals surface area contributed by atoms with E-state index in [1.54, 1.807) is 0 Å². The third-order valence-electron chi connectivity index (χ3n) is 3.19. The second-order valence-electron chi connectivity index (χ2n) is 4.42. The molecule has 0 radical (unpaired) electrons. The summed E-state index contributed by atoms with van der Waals surface area (Å²) < 4.78 is 14.4. The Hall–Kier alpha value is -0.700. The van der Waals surface area contributed by atoms with Gasteiger partial charge in [0.05, 0.1) is 0 Å². The Morgan fingerprint density at radius 1 is 1.31 bits per heavy atom. The third-order valence-corrected chi connectivity index (χ3v) is 3.68. The van der Waals surface area contributed by atoms with Crippen LogP contribution in [0.15, 0.2) is 22.7 Å². The molecule has 1 aromatic carbocycles. The Morgan fingerprint density at radius 2 is 2.00 bits per heavy atom. The minimum Gasteiger partial charge on any atom is -0.300 e. The van der Waals surface area contributed by atoms with Crippen LogP contribution in [0.1, 0.15) is 31.2 Å². The molecule has 16 heavy (non-hydrogen) atoms. The van der Waals surface area contributed by atoms with Gasteiger partial charge in [0.25, 0.3) is 0 Å². The zero-order chi connectivity index (χ0) is 11.5. The maximum Gasteiger partial charge on any atom is 0.132 e. The zero-order valence-corrected chi connectivity index (χ0v) is 10.6. The van der Waals surface area contributed by atoms with Crippen LogP contribution in [0.5, 0.6) is 0 Å². The predicted molar refractivity (Wildman–Crippen MR) is 64.8 cm³/mol. The fourth-order valence-electron chi connectivity index (χ4n) is 2.20. The highest BCUT2D eigenvalue weighted by Crippen LogP contribution is 2.26. The number of carbonyl (C=O) groups excluding carboxylic acids is 1. The topological polar surface area (TPSA) is 17.1 Å². The summed E-state index contributed by atoms with van der Waals surface area (Å²) in [5.74, 6) is 0.673. The van der Waals surface area contributed by atoms with Crippen LogP contribution >= 0.6 is 15.9 Å². The molecule has 86 valence electrons. The van der Waals surface area contributed by atoms with Gasteiger partial charge in [0, 0.05) is 17.3 Å². The first kappa shape index (κ1) is 11.8. The highest BCUT2D eigenvalue weighted by atomic mass is 79.9. The number of Topliss-reactive ketones (excluding diaryl/α,β-unsaturated/α-hetero) is 1. The van der Waals surface area contributed by atoms with E-state index in [-0.39, 0.29) is 5.82 Å². The Bertz CT molecular complexity index is 393. The average molecular weight is 285 g/mol. The van der Waals surface area contributed by atoms with Gasteiger partial charge in [-0.3, -0.25) is 4.79 Å². The molecule has 2 rings (SSSR count). The molecule has 0 unspecified atom stereocenters. The fourth-order valence-corrected chi connectivity index (χ4v) is 2.54. The van der Waals surface area contributed by atoms with E-state index < -0.39 is 0 Å². The maximum absolute atomic E-state index is 13.6. The molecule has 0 atom stereocenters. The van der Waals surface area contributed by atoms with Crippen LogP contribution in [0.3, 0.4) is 0 Å². The summed E-state index contributed by atoms with van der Waals surface area (Å²) in [5.41, 5.74) is 0.766. The van der Waals surface area contributed by atoms with Gasteiger partial charge in [-0.1, -0.05) is 22.0 Å². The van der Waals surface area contributed by atoms with Crippen LogP contribution in [0.4, 0.5) is 4.39 Å². The highest BCUT2D eigenvalue weighted by Gasteiger charge is 2.19. The summed E-state index contributed by atoms with van der Waals surface area (Å²) in [6.45, 7) is 0. The van der Waals surface area contributed by atoms with Crippen molar-refractivity contribution in [3.63, 3.8) is 0 Å². The summed E-state index contributed by atoms with van der Waals surface area (Å²) in [6.07, 6.45) is 3.92. The minimum atomic E-state index is -0.147. The van der Waals surface area contributed by atoms with Crippen molar-refractivity contribution < 1.29 is 9.18 Å². The number of halogens is 2. The van der Waals surface area contributed by atoms with Crippen molar-refractivity contribution in [2.24, 2.45) is 5.92 Å². The SMILES string of the molecule is O=C1CCC(Cc2ccc(Br)cc2F)CC1. The van der Waals surface area contributed by atoms with Gasteiger partial charge >= 0.3 is 0 Å².